The molecule has 98 valence electrons. The number of amides is 1. The Morgan fingerprint density at radius 3 is 2.35 bits per heavy atom. The second-order valence-electron chi connectivity index (χ2n) is 6.52. The van der Waals surface area contributed by atoms with Gasteiger partial charge in [-0.05, 0) is 31.1 Å². The lowest BCUT2D eigenvalue weighted by molar-refractivity contribution is 0.0481. The molecule has 0 bridgehead atoms. The quantitative estimate of drug-likeness (QED) is 0.778. The van der Waals surface area contributed by atoms with E-state index in [-0.39, 0.29) is 11.5 Å². The van der Waals surface area contributed by atoms with Gasteiger partial charge in [-0.2, -0.15) is 0 Å². The van der Waals surface area contributed by atoms with Crippen molar-refractivity contribution in [2.24, 2.45) is 5.41 Å². The van der Waals surface area contributed by atoms with Crippen LogP contribution in [0.15, 0.2) is 0 Å². The smallest absolute Gasteiger partial charge is 0.407 e. The highest BCUT2D eigenvalue weighted by Gasteiger charge is 2.39. The zero-order valence-electron chi connectivity index (χ0n) is 11.1. The second kappa shape index (κ2) is 4.48. The molecule has 1 aliphatic heterocycles. The first-order valence-electron chi connectivity index (χ1n) is 6.63. The summed E-state index contributed by atoms with van der Waals surface area (Å²) < 4.78 is 0. The lowest BCUT2D eigenvalue weighted by Gasteiger charge is -2.44. The Kier molecular flexibility index (Phi) is 3.34. The maximum Gasteiger partial charge on any atom is 0.407 e. The molecule has 0 aromatic heterocycles. The van der Waals surface area contributed by atoms with E-state index >= 15 is 0 Å². The maximum atomic E-state index is 11.3. The lowest BCUT2D eigenvalue weighted by atomic mass is 9.79. The largest absolute Gasteiger partial charge is 0.465 e. The molecule has 0 spiro atoms. The standard InChI is InChI=1S/C13H24N2O2/c1-13(2,3)11-8-10(14-9-4-5-9)6-7-15(11)12(16)17/h9-11,14H,4-8H2,1-3H3,(H,16,17). The van der Waals surface area contributed by atoms with Crippen molar-refractivity contribution in [2.75, 3.05) is 6.54 Å². The molecule has 17 heavy (non-hydrogen) atoms. The minimum atomic E-state index is -0.769. The molecule has 0 radical (unpaired) electrons. The van der Waals surface area contributed by atoms with E-state index in [1.807, 2.05) is 0 Å². The van der Waals surface area contributed by atoms with Gasteiger partial charge in [-0.25, -0.2) is 4.79 Å². The van der Waals surface area contributed by atoms with Crippen LogP contribution < -0.4 is 5.32 Å². The summed E-state index contributed by atoms with van der Waals surface area (Å²) >= 11 is 0. The Labute approximate surface area is 103 Å². The van der Waals surface area contributed by atoms with Gasteiger partial charge in [-0.15, -0.1) is 0 Å². The van der Waals surface area contributed by atoms with Gasteiger partial charge in [0.25, 0.3) is 0 Å². The van der Waals surface area contributed by atoms with Crippen molar-refractivity contribution in [3.63, 3.8) is 0 Å². The van der Waals surface area contributed by atoms with Crippen molar-refractivity contribution in [1.82, 2.24) is 10.2 Å². The lowest BCUT2D eigenvalue weighted by Crippen LogP contribution is -2.55. The van der Waals surface area contributed by atoms with Crippen LogP contribution in [0.2, 0.25) is 0 Å². The summed E-state index contributed by atoms with van der Waals surface area (Å²) in [5, 5.41) is 12.9. The van der Waals surface area contributed by atoms with E-state index in [9.17, 15) is 9.90 Å². The number of rotatable bonds is 2. The van der Waals surface area contributed by atoms with Gasteiger partial charge in [0.05, 0.1) is 0 Å². The Bertz CT molecular complexity index is 294. The van der Waals surface area contributed by atoms with Crippen LogP contribution in [-0.2, 0) is 0 Å². The summed E-state index contributed by atoms with van der Waals surface area (Å²) in [7, 11) is 0. The first-order valence-corrected chi connectivity index (χ1v) is 6.63. The van der Waals surface area contributed by atoms with Crippen LogP contribution in [0.1, 0.15) is 46.5 Å². The monoisotopic (exact) mass is 240 g/mol. The zero-order chi connectivity index (χ0) is 12.6. The molecule has 1 saturated heterocycles. The molecular formula is C13H24N2O2. The molecule has 2 fully saturated rings. The molecule has 2 N–H and O–H groups in total. The van der Waals surface area contributed by atoms with E-state index < -0.39 is 6.09 Å². The normalized spacial score (nSPS) is 30.4. The fourth-order valence-corrected chi connectivity index (χ4v) is 2.75. The molecule has 2 rings (SSSR count). The molecule has 4 nitrogen and oxygen atoms in total. The maximum absolute atomic E-state index is 11.3. The third-order valence-electron chi connectivity index (χ3n) is 3.90. The van der Waals surface area contributed by atoms with Gasteiger partial charge in [0.15, 0.2) is 0 Å². The predicted octanol–water partition coefficient (Wildman–Crippen LogP) is 2.30. The van der Waals surface area contributed by atoms with Crippen molar-refractivity contribution < 1.29 is 9.90 Å². The van der Waals surface area contributed by atoms with Crippen LogP contribution in [0.3, 0.4) is 0 Å². The molecule has 1 heterocycles. The highest BCUT2D eigenvalue weighted by molar-refractivity contribution is 5.65. The average Bonchev–Trinajstić information content (AvgIpc) is 3.00. The predicted molar refractivity (Wildman–Crippen MR) is 67.2 cm³/mol. The summed E-state index contributed by atoms with van der Waals surface area (Å²) in [5.74, 6) is 0. The van der Waals surface area contributed by atoms with Gasteiger partial charge in [0, 0.05) is 24.7 Å². The third kappa shape index (κ3) is 3.12. The number of hydrogen-bond donors (Lipinski definition) is 2. The molecule has 2 unspecified atom stereocenters. The Hall–Kier alpha value is -0.770. The van der Waals surface area contributed by atoms with Crippen molar-refractivity contribution in [3.8, 4) is 0 Å². The van der Waals surface area contributed by atoms with Crippen LogP contribution in [0.5, 0.6) is 0 Å². The number of piperidine rings is 1. The fourth-order valence-electron chi connectivity index (χ4n) is 2.75. The molecule has 1 aliphatic carbocycles. The second-order valence-corrected chi connectivity index (χ2v) is 6.52. The van der Waals surface area contributed by atoms with Crippen molar-refractivity contribution >= 4 is 6.09 Å². The molecule has 1 amide bonds. The summed E-state index contributed by atoms with van der Waals surface area (Å²) in [4.78, 5) is 12.9. The minimum Gasteiger partial charge on any atom is -0.465 e. The highest BCUT2D eigenvalue weighted by atomic mass is 16.4. The Morgan fingerprint density at radius 1 is 1.24 bits per heavy atom. The van der Waals surface area contributed by atoms with Crippen LogP contribution in [-0.4, -0.2) is 40.8 Å². The van der Waals surface area contributed by atoms with Gasteiger partial charge in [0.2, 0.25) is 0 Å². The van der Waals surface area contributed by atoms with Crippen molar-refractivity contribution in [2.45, 2.75) is 64.6 Å². The number of carboxylic acid groups (broad SMARTS) is 1. The minimum absolute atomic E-state index is 0.0162. The van der Waals surface area contributed by atoms with E-state index in [1.165, 1.54) is 12.8 Å². The number of nitrogens with one attached hydrogen (secondary N) is 1. The van der Waals surface area contributed by atoms with Crippen molar-refractivity contribution in [3.05, 3.63) is 0 Å². The molecule has 2 atom stereocenters. The van der Waals surface area contributed by atoms with E-state index in [4.69, 9.17) is 0 Å². The van der Waals surface area contributed by atoms with E-state index in [2.05, 4.69) is 26.1 Å². The van der Waals surface area contributed by atoms with Crippen LogP contribution in [0.25, 0.3) is 0 Å². The molecule has 4 heteroatoms. The number of likely N-dealkylation sites (tertiary alicyclic amines) is 1. The number of nitrogens with zero attached hydrogens (tertiary/aromatic N) is 1. The molecular weight excluding hydrogens is 216 g/mol. The molecule has 0 aromatic rings. The summed E-state index contributed by atoms with van der Waals surface area (Å²) in [6.07, 6.45) is 3.72. The van der Waals surface area contributed by atoms with Gasteiger partial charge in [-0.3, -0.25) is 0 Å². The SMILES string of the molecule is CC(C)(C)C1CC(NC2CC2)CCN1C(=O)O. The Morgan fingerprint density at radius 2 is 1.88 bits per heavy atom. The van der Waals surface area contributed by atoms with E-state index in [0.717, 1.165) is 12.8 Å². The van der Waals surface area contributed by atoms with Gasteiger partial charge < -0.3 is 15.3 Å². The fraction of sp³-hybridized carbons (Fsp3) is 0.923. The first kappa shape index (κ1) is 12.7. The topological polar surface area (TPSA) is 52.6 Å². The highest BCUT2D eigenvalue weighted by Crippen LogP contribution is 2.33. The molecule has 2 aliphatic rings. The molecule has 1 saturated carbocycles. The first-order chi connectivity index (χ1) is 7.88. The van der Waals surface area contributed by atoms with Gasteiger partial charge in [-0.1, -0.05) is 20.8 Å². The Balaban J connectivity index is 2.01. The summed E-state index contributed by atoms with van der Waals surface area (Å²) in [6, 6.07) is 1.34. The van der Waals surface area contributed by atoms with Gasteiger partial charge in [0.1, 0.15) is 0 Å². The van der Waals surface area contributed by atoms with Crippen LogP contribution >= 0.6 is 0 Å². The summed E-state index contributed by atoms with van der Waals surface area (Å²) in [6.45, 7) is 7.06. The van der Waals surface area contributed by atoms with E-state index in [0.29, 0.717) is 18.6 Å². The zero-order valence-corrected chi connectivity index (χ0v) is 11.1. The van der Waals surface area contributed by atoms with Crippen molar-refractivity contribution in [1.29, 1.82) is 0 Å². The van der Waals surface area contributed by atoms with Crippen LogP contribution in [0, 0.1) is 5.41 Å². The molecule has 0 aromatic carbocycles. The number of carbonyl (C=O) groups is 1. The van der Waals surface area contributed by atoms with Gasteiger partial charge >= 0.3 is 6.09 Å². The third-order valence-corrected chi connectivity index (χ3v) is 3.90. The van der Waals surface area contributed by atoms with E-state index in [1.54, 1.807) is 4.90 Å². The van der Waals surface area contributed by atoms with Crippen LogP contribution in [0.4, 0.5) is 4.79 Å². The number of hydrogen-bond acceptors (Lipinski definition) is 2. The summed E-state index contributed by atoms with van der Waals surface area (Å²) in [5.41, 5.74) is 0.0162. The average molecular weight is 240 g/mol.